The van der Waals surface area contributed by atoms with Crippen molar-refractivity contribution in [1.29, 1.82) is 0 Å². The van der Waals surface area contributed by atoms with E-state index < -0.39 is 12.0 Å². The fourth-order valence-electron chi connectivity index (χ4n) is 2.31. The van der Waals surface area contributed by atoms with E-state index in [1.165, 1.54) is 4.90 Å². The number of nitrogens with one attached hydrogen (secondary N) is 1. The molecule has 0 spiro atoms. The molecule has 0 aromatic carbocycles. The first-order chi connectivity index (χ1) is 9.20. The Morgan fingerprint density at radius 2 is 1.90 bits per heavy atom. The van der Waals surface area contributed by atoms with Crippen molar-refractivity contribution >= 4 is 17.8 Å². The van der Waals surface area contributed by atoms with Crippen molar-refractivity contribution in [2.24, 2.45) is 5.41 Å². The first-order valence-corrected chi connectivity index (χ1v) is 7.00. The van der Waals surface area contributed by atoms with E-state index in [1.54, 1.807) is 0 Å². The summed E-state index contributed by atoms with van der Waals surface area (Å²) in [5, 5.41) is 11.7. The van der Waals surface area contributed by atoms with E-state index in [4.69, 9.17) is 5.11 Å². The van der Waals surface area contributed by atoms with Gasteiger partial charge < -0.3 is 15.3 Å². The summed E-state index contributed by atoms with van der Waals surface area (Å²) in [5.74, 6) is -1.48. The molecule has 0 unspecified atom stereocenters. The fraction of sp³-hybridized carbons (Fsp3) is 0.786. The Kier molecular flexibility index (Phi) is 5.53. The first-order valence-electron chi connectivity index (χ1n) is 7.00. The average molecular weight is 284 g/mol. The number of amides is 2. The first kappa shape index (κ1) is 16.5. The van der Waals surface area contributed by atoms with Crippen LogP contribution in [-0.4, -0.2) is 46.9 Å². The van der Waals surface area contributed by atoms with Crippen LogP contribution < -0.4 is 5.32 Å². The third kappa shape index (κ3) is 5.19. The summed E-state index contributed by atoms with van der Waals surface area (Å²) in [7, 11) is 0. The molecular weight excluding hydrogens is 260 g/mol. The number of carboxylic acids is 1. The van der Waals surface area contributed by atoms with Crippen molar-refractivity contribution in [2.75, 3.05) is 13.1 Å². The second-order valence-electron chi connectivity index (χ2n) is 6.45. The Balaban J connectivity index is 2.49. The number of hydrogen-bond acceptors (Lipinski definition) is 3. The molecular formula is C14H24N2O4. The van der Waals surface area contributed by atoms with E-state index >= 15 is 0 Å². The quantitative estimate of drug-likeness (QED) is 0.806. The van der Waals surface area contributed by atoms with E-state index in [9.17, 15) is 14.4 Å². The Bertz CT molecular complexity index is 387. The lowest BCUT2D eigenvalue weighted by Crippen LogP contribution is -2.51. The van der Waals surface area contributed by atoms with Gasteiger partial charge in [0.2, 0.25) is 11.8 Å². The standard InChI is InChI=1S/C14H24N2O4/c1-14(2,3)8-11(17)15-9-12(18)16-7-5-4-6-10(16)13(19)20/h10H,4-9H2,1-3H3,(H,15,17)(H,19,20)/t10-/m0/s1. The summed E-state index contributed by atoms with van der Waals surface area (Å²) in [5.41, 5.74) is -0.137. The highest BCUT2D eigenvalue weighted by Gasteiger charge is 2.31. The second-order valence-corrected chi connectivity index (χ2v) is 6.45. The number of carbonyl (C=O) groups is 3. The highest BCUT2D eigenvalue weighted by molar-refractivity contribution is 5.88. The summed E-state index contributed by atoms with van der Waals surface area (Å²) in [4.78, 5) is 36.2. The number of hydrogen-bond donors (Lipinski definition) is 2. The number of aliphatic carboxylic acids is 1. The molecule has 0 radical (unpaired) electrons. The molecule has 1 heterocycles. The van der Waals surface area contributed by atoms with Crippen molar-refractivity contribution in [1.82, 2.24) is 10.2 Å². The van der Waals surface area contributed by atoms with E-state index in [0.29, 0.717) is 19.4 Å². The van der Waals surface area contributed by atoms with E-state index in [2.05, 4.69) is 5.32 Å². The summed E-state index contributed by atoms with van der Waals surface area (Å²) in [6.07, 6.45) is 2.45. The average Bonchev–Trinajstić information content (AvgIpc) is 2.33. The molecule has 2 amide bonds. The van der Waals surface area contributed by atoms with Gasteiger partial charge in [0.25, 0.3) is 0 Å². The zero-order chi connectivity index (χ0) is 15.3. The molecule has 0 aromatic rings. The Labute approximate surface area is 119 Å². The van der Waals surface area contributed by atoms with Crippen LogP contribution in [0.3, 0.4) is 0 Å². The van der Waals surface area contributed by atoms with Crippen LogP contribution in [0.5, 0.6) is 0 Å². The zero-order valence-electron chi connectivity index (χ0n) is 12.4. The molecule has 114 valence electrons. The highest BCUT2D eigenvalue weighted by Crippen LogP contribution is 2.18. The van der Waals surface area contributed by atoms with Gasteiger partial charge in [-0.25, -0.2) is 4.79 Å². The molecule has 0 saturated carbocycles. The molecule has 0 aliphatic carbocycles. The number of likely N-dealkylation sites (tertiary alicyclic amines) is 1. The Hall–Kier alpha value is -1.59. The number of nitrogens with zero attached hydrogens (tertiary/aromatic N) is 1. The molecule has 1 aliphatic rings. The third-order valence-electron chi connectivity index (χ3n) is 3.24. The minimum atomic E-state index is -0.973. The lowest BCUT2D eigenvalue weighted by molar-refractivity contribution is -0.151. The van der Waals surface area contributed by atoms with Crippen molar-refractivity contribution in [3.05, 3.63) is 0 Å². The van der Waals surface area contributed by atoms with E-state index in [-0.39, 0.29) is 23.8 Å². The van der Waals surface area contributed by atoms with Gasteiger partial charge >= 0.3 is 5.97 Å². The summed E-state index contributed by atoms with van der Waals surface area (Å²) < 4.78 is 0. The van der Waals surface area contributed by atoms with Gasteiger partial charge in [-0.05, 0) is 24.7 Å². The molecule has 1 rings (SSSR count). The molecule has 2 N–H and O–H groups in total. The molecule has 1 aliphatic heterocycles. The Morgan fingerprint density at radius 3 is 2.45 bits per heavy atom. The lowest BCUT2D eigenvalue weighted by Gasteiger charge is -2.33. The smallest absolute Gasteiger partial charge is 0.326 e. The second kappa shape index (κ2) is 6.72. The van der Waals surface area contributed by atoms with Crippen LogP contribution in [0.25, 0.3) is 0 Å². The number of carboxylic acid groups (broad SMARTS) is 1. The zero-order valence-corrected chi connectivity index (χ0v) is 12.4. The number of rotatable bonds is 4. The van der Waals surface area contributed by atoms with Gasteiger partial charge in [0.05, 0.1) is 6.54 Å². The van der Waals surface area contributed by atoms with Gasteiger partial charge in [-0.2, -0.15) is 0 Å². The maximum absolute atomic E-state index is 12.0. The number of piperidine rings is 1. The predicted octanol–water partition coefficient (Wildman–Crippen LogP) is 1.00. The SMILES string of the molecule is CC(C)(C)CC(=O)NCC(=O)N1CCCC[C@H]1C(=O)O. The van der Waals surface area contributed by atoms with Crippen molar-refractivity contribution in [3.63, 3.8) is 0 Å². The van der Waals surface area contributed by atoms with Crippen molar-refractivity contribution < 1.29 is 19.5 Å². The molecule has 0 bridgehead atoms. The van der Waals surface area contributed by atoms with Crippen LogP contribution in [0.4, 0.5) is 0 Å². The maximum Gasteiger partial charge on any atom is 0.326 e. The van der Waals surface area contributed by atoms with Gasteiger partial charge in [-0.15, -0.1) is 0 Å². The van der Waals surface area contributed by atoms with Gasteiger partial charge in [0.15, 0.2) is 0 Å². The van der Waals surface area contributed by atoms with Crippen LogP contribution in [-0.2, 0) is 14.4 Å². The normalized spacial score (nSPS) is 19.6. The molecule has 20 heavy (non-hydrogen) atoms. The topological polar surface area (TPSA) is 86.7 Å². The summed E-state index contributed by atoms with van der Waals surface area (Å²) >= 11 is 0. The molecule has 0 aromatic heterocycles. The van der Waals surface area contributed by atoms with Crippen LogP contribution in [0.2, 0.25) is 0 Å². The van der Waals surface area contributed by atoms with Crippen LogP contribution in [0.15, 0.2) is 0 Å². The third-order valence-corrected chi connectivity index (χ3v) is 3.24. The fourth-order valence-corrected chi connectivity index (χ4v) is 2.31. The largest absolute Gasteiger partial charge is 0.480 e. The summed E-state index contributed by atoms with van der Waals surface area (Å²) in [6.45, 7) is 6.15. The number of carbonyl (C=O) groups excluding carboxylic acids is 2. The van der Waals surface area contributed by atoms with Crippen molar-refractivity contribution in [3.8, 4) is 0 Å². The van der Waals surface area contributed by atoms with Crippen LogP contribution in [0, 0.1) is 5.41 Å². The highest BCUT2D eigenvalue weighted by atomic mass is 16.4. The minimum absolute atomic E-state index is 0.126. The van der Waals surface area contributed by atoms with Crippen LogP contribution >= 0.6 is 0 Å². The molecule has 1 fully saturated rings. The van der Waals surface area contributed by atoms with Gasteiger partial charge in [-0.1, -0.05) is 20.8 Å². The molecule has 1 atom stereocenters. The Morgan fingerprint density at radius 1 is 1.25 bits per heavy atom. The van der Waals surface area contributed by atoms with Gasteiger partial charge in [-0.3, -0.25) is 9.59 Å². The van der Waals surface area contributed by atoms with E-state index in [1.807, 2.05) is 20.8 Å². The van der Waals surface area contributed by atoms with Gasteiger partial charge in [0.1, 0.15) is 6.04 Å². The van der Waals surface area contributed by atoms with Crippen molar-refractivity contribution in [2.45, 2.75) is 52.5 Å². The molecule has 6 nitrogen and oxygen atoms in total. The lowest BCUT2D eigenvalue weighted by atomic mass is 9.92. The predicted molar refractivity (Wildman–Crippen MR) is 74.1 cm³/mol. The maximum atomic E-state index is 12.0. The molecule has 6 heteroatoms. The minimum Gasteiger partial charge on any atom is -0.480 e. The summed E-state index contributed by atoms with van der Waals surface area (Å²) in [6, 6.07) is -0.754. The monoisotopic (exact) mass is 284 g/mol. The van der Waals surface area contributed by atoms with Crippen LogP contribution in [0.1, 0.15) is 46.5 Å². The van der Waals surface area contributed by atoms with Gasteiger partial charge in [0, 0.05) is 13.0 Å². The molecule has 1 saturated heterocycles. The van der Waals surface area contributed by atoms with E-state index in [0.717, 1.165) is 12.8 Å².